The molecule has 0 radical (unpaired) electrons. The van der Waals surface area contributed by atoms with Gasteiger partial charge in [-0.2, -0.15) is 5.26 Å². The van der Waals surface area contributed by atoms with E-state index >= 15 is 0 Å². The molecule has 1 atom stereocenters. The number of carbonyl (C=O) groups excluding carboxylic acids is 1. The first-order chi connectivity index (χ1) is 23.1. The average Bonchev–Trinajstić information content (AvgIpc) is 3.79. The molecule has 11 nitrogen and oxygen atoms in total. The number of amides is 1. The third kappa shape index (κ3) is 5.72. The van der Waals surface area contributed by atoms with Gasteiger partial charge in [0.1, 0.15) is 11.6 Å². The van der Waals surface area contributed by atoms with E-state index in [0.29, 0.717) is 71.7 Å². The molecule has 2 aliphatic rings. The van der Waals surface area contributed by atoms with Crippen LogP contribution in [0.5, 0.6) is 0 Å². The van der Waals surface area contributed by atoms with Gasteiger partial charge in [-0.25, -0.2) is 9.97 Å². The number of nitrogens with zero attached hydrogens (tertiary/aromatic N) is 6. The molecule has 12 heteroatoms. The number of carboxylic acids is 1. The Kier molecular flexibility index (Phi) is 8.25. The van der Waals surface area contributed by atoms with Crippen molar-refractivity contribution in [2.75, 3.05) is 32.0 Å². The summed E-state index contributed by atoms with van der Waals surface area (Å²) in [5.74, 6) is -0.773. The molecular formula is C36H34ClN7O4. The number of carbonyl (C=O) groups is 2. The molecule has 4 heterocycles. The van der Waals surface area contributed by atoms with Gasteiger partial charge in [-0.05, 0) is 67.9 Å². The number of hydrogen-bond donors (Lipinski definition) is 2. The van der Waals surface area contributed by atoms with Gasteiger partial charge < -0.3 is 24.3 Å². The number of nitrogens with one attached hydrogen (secondary N) is 1. The van der Waals surface area contributed by atoms with E-state index in [-0.39, 0.29) is 11.8 Å². The van der Waals surface area contributed by atoms with Crippen molar-refractivity contribution in [3.8, 4) is 28.7 Å². The van der Waals surface area contributed by atoms with Crippen LogP contribution < -0.4 is 5.32 Å². The van der Waals surface area contributed by atoms with Crippen LogP contribution in [0.2, 0.25) is 5.02 Å². The molecule has 0 saturated carbocycles. The molecule has 3 aromatic carbocycles. The summed E-state index contributed by atoms with van der Waals surface area (Å²) < 4.78 is 8.07. The molecule has 244 valence electrons. The molecular weight excluding hydrogens is 630 g/mol. The second kappa shape index (κ2) is 12.5. The maximum atomic E-state index is 13.4. The predicted molar refractivity (Wildman–Crippen MR) is 182 cm³/mol. The monoisotopic (exact) mass is 663 g/mol. The van der Waals surface area contributed by atoms with Crippen molar-refractivity contribution in [2.24, 2.45) is 13.0 Å². The summed E-state index contributed by atoms with van der Waals surface area (Å²) in [4.78, 5) is 38.5. The second-order valence-corrected chi connectivity index (χ2v) is 13.0. The highest BCUT2D eigenvalue weighted by Crippen LogP contribution is 2.39. The second-order valence-electron chi connectivity index (χ2n) is 12.7. The molecule has 5 aromatic rings. The number of halogens is 1. The fourth-order valence-electron chi connectivity index (χ4n) is 6.85. The first-order valence-corrected chi connectivity index (χ1v) is 16.2. The minimum Gasteiger partial charge on any atom is -0.481 e. The molecule has 1 amide bonds. The Morgan fingerprint density at radius 2 is 1.88 bits per heavy atom. The SMILES string of the molecule is Cc1c(-c2nc3cc(CN4CC[C@H](C(=O)O)C4)cc(C#N)c3o2)cccc1-c1cccc(NC(=O)c2nc3c(n2C)CCN(C)C3)c1Cl. The normalized spacial score (nSPS) is 16.6. The van der Waals surface area contributed by atoms with Crippen LogP contribution in [0, 0.1) is 24.2 Å². The van der Waals surface area contributed by atoms with Crippen molar-refractivity contribution in [1.82, 2.24) is 24.3 Å². The summed E-state index contributed by atoms with van der Waals surface area (Å²) in [6.45, 7) is 5.26. The number of aromatic nitrogens is 3. The van der Waals surface area contributed by atoms with E-state index in [1.165, 1.54) is 0 Å². The smallest absolute Gasteiger partial charge is 0.307 e. The van der Waals surface area contributed by atoms with Crippen molar-refractivity contribution in [1.29, 1.82) is 5.26 Å². The Labute approximate surface area is 282 Å². The maximum Gasteiger partial charge on any atom is 0.307 e. The van der Waals surface area contributed by atoms with Gasteiger partial charge in [-0.1, -0.05) is 35.9 Å². The molecule has 2 N–H and O–H groups in total. The summed E-state index contributed by atoms with van der Waals surface area (Å²) in [5.41, 5.74) is 7.85. The first kappa shape index (κ1) is 31.6. The van der Waals surface area contributed by atoms with Crippen LogP contribution >= 0.6 is 11.6 Å². The quantitative estimate of drug-likeness (QED) is 0.219. The lowest BCUT2D eigenvalue weighted by atomic mass is 9.96. The number of nitriles is 1. The molecule has 0 unspecified atom stereocenters. The number of aliphatic carboxylic acids is 1. The molecule has 48 heavy (non-hydrogen) atoms. The molecule has 2 aromatic heterocycles. The Morgan fingerprint density at radius 3 is 2.65 bits per heavy atom. The first-order valence-electron chi connectivity index (χ1n) is 15.8. The molecule has 1 fully saturated rings. The van der Waals surface area contributed by atoms with E-state index in [1.54, 1.807) is 12.1 Å². The van der Waals surface area contributed by atoms with E-state index in [9.17, 15) is 20.0 Å². The van der Waals surface area contributed by atoms with Crippen molar-refractivity contribution in [2.45, 2.75) is 32.9 Å². The van der Waals surface area contributed by atoms with Crippen LogP contribution in [0.1, 0.15) is 45.1 Å². The average molecular weight is 664 g/mol. The largest absolute Gasteiger partial charge is 0.481 e. The van der Waals surface area contributed by atoms with E-state index < -0.39 is 5.97 Å². The van der Waals surface area contributed by atoms with Crippen molar-refractivity contribution < 1.29 is 19.1 Å². The predicted octanol–water partition coefficient (Wildman–Crippen LogP) is 5.88. The summed E-state index contributed by atoms with van der Waals surface area (Å²) in [6.07, 6.45) is 1.44. The minimum absolute atomic E-state index is 0.329. The van der Waals surface area contributed by atoms with Crippen molar-refractivity contribution >= 4 is 40.3 Å². The summed E-state index contributed by atoms with van der Waals surface area (Å²) >= 11 is 6.96. The number of benzene rings is 3. The lowest BCUT2D eigenvalue weighted by Crippen LogP contribution is -2.27. The van der Waals surface area contributed by atoms with Gasteiger partial charge in [-0.3, -0.25) is 14.5 Å². The number of imidazole rings is 1. The van der Waals surface area contributed by atoms with Gasteiger partial charge >= 0.3 is 5.97 Å². The molecule has 1 saturated heterocycles. The molecule has 0 bridgehead atoms. The van der Waals surface area contributed by atoms with Gasteiger partial charge in [0.2, 0.25) is 5.89 Å². The van der Waals surface area contributed by atoms with E-state index in [1.807, 2.05) is 62.0 Å². The summed E-state index contributed by atoms with van der Waals surface area (Å²) in [6, 6.07) is 17.2. The Hall–Kier alpha value is -5.02. The summed E-state index contributed by atoms with van der Waals surface area (Å²) in [7, 11) is 3.91. The fraction of sp³-hybridized carbons (Fsp3) is 0.306. The van der Waals surface area contributed by atoms with Gasteiger partial charge in [0.05, 0.1) is 27.9 Å². The zero-order valence-corrected chi connectivity index (χ0v) is 27.6. The Balaban J connectivity index is 1.17. The number of likely N-dealkylation sites (N-methyl/N-ethyl adjacent to an activating group) is 1. The number of rotatable bonds is 7. The van der Waals surface area contributed by atoms with E-state index in [4.69, 9.17) is 21.0 Å². The van der Waals surface area contributed by atoms with Crippen LogP contribution in [0.25, 0.3) is 33.7 Å². The number of fused-ring (bicyclic) bond motifs is 2. The highest BCUT2D eigenvalue weighted by Gasteiger charge is 2.29. The zero-order valence-electron chi connectivity index (χ0n) is 26.9. The minimum atomic E-state index is -0.780. The number of oxazole rings is 1. The highest BCUT2D eigenvalue weighted by atomic mass is 35.5. The highest BCUT2D eigenvalue weighted by molar-refractivity contribution is 6.36. The van der Waals surface area contributed by atoms with Gasteiger partial charge in [-0.15, -0.1) is 0 Å². The third-order valence-electron chi connectivity index (χ3n) is 9.45. The van der Waals surface area contributed by atoms with Crippen LogP contribution in [0.15, 0.2) is 52.9 Å². The molecule has 7 rings (SSSR count). The topological polar surface area (TPSA) is 141 Å². The van der Waals surface area contributed by atoms with E-state index in [2.05, 4.69) is 26.2 Å². The Morgan fingerprint density at radius 1 is 1.10 bits per heavy atom. The van der Waals surface area contributed by atoms with E-state index in [0.717, 1.165) is 52.2 Å². The number of hydrogen-bond acceptors (Lipinski definition) is 8. The summed E-state index contributed by atoms with van der Waals surface area (Å²) in [5, 5.41) is 22.7. The lowest BCUT2D eigenvalue weighted by molar-refractivity contribution is -0.141. The van der Waals surface area contributed by atoms with Crippen LogP contribution in [-0.2, 0) is 31.4 Å². The molecule has 0 aliphatic carbocycles. The van der Waals surface area contributed by atoms with Gasteiger partial charge in [0.15, 0.2) is 11.4 Å². The lowest BCUT2D eigenvalue weighted by Gasteiger charge is -2.21. The van der Waals surface area contributed by atoms with Gasteiger partial charge in [0, 0.05) is 56.5 Å². The third-order valence-corrected chi connectivity index (χ3v) is 9.86. The number of anilines is 1. The zero-order chi connectivity index (χ0) is 33.7. The Bertz CT molecular complexity index is 2150. The van der Waals surface area contributed by atoms with Gasteiger partial charge in [0.25, 0.3) is 5.91 Å². The van der Waals surface area contributed by atoms with Crippen molar-refractivity contribution in [3.05, 3.63) is 87.5 Å². The molecule has 0 spiro atoms. The standard InChI is InChI=1S/C36H34ClN7O4/c1-20-24(26-8-5-9-27(31(26)37)40-34(45)33-39-29-19-42(2)12-11-30(29)43(33)3)6-4-7-25(20)35-41-28-15-21(14-23(16-38)32(28)48-35)17-44-13-10-22(18-44)36(46)47/h4-9,14-15,22H,10-13,17-19H2,1-3H3,(H,40,45)(H,46,47)/t22-/m0/s1. The maximum absolute atomic E-state index is 13.4. The fourth-order valence-corrected chi connectivity index (χ4v) is 7.13. The van der Waals surface area contributed by atoms with Crippen LogP contribution in [-0.4, -0.2) is 68.0 Å². The molecule has 2 aliphatic heterocycles. The number of likely N-dealkylation sites (tertiary alicyclic amines) is 1. The van der Waals surface area contributed by atoms with Crippen molar-refractivity contribution in [3.63, 3.8) is 0 Å². The van der Waals surface area contributed by atoms with Crippen LogP contribution in [0.4, 0.5) is 5.69 Å². The van der Waals surface area contributed by atoms with Crippen LogP contribution in [0.3, 0.4) is 0 Å². The number of carboxylic acid groups (broad SMARTS) is 1.